The van der Waals surface area contributed by atoms with Gasteiger partial charge in [0.25, 0.3) is 0 Å². The smallest absolute Gasteiger partial charge is 0.317 e. The lowest BCUT2D eigenvalue weighted by Crippen LogP contribution is -2.67. The Balaban J connectivity index is 1.46. The summed E-state index contributed by atoms with van der Waals surface area (Å²) in [4.78, 5) is 37.1. The maximum Gasteiger partial charge on any atom is 0.317 e. The molecule has 0 aromatic heterocycles. The summed E-state index contributed by atoms with van der Waals surface area (Å²) >= 11 is 0. The van der Waals surface area contributed by atoms with Crippen molar-refractivity contribution in [1.82, 2.24) is 0 Å². The molecule has 0 aromatic rings. The Labute approximate surface area is 264 Å². The number of rotatable bonds is 6. The third kappa shape index (κ3) is 5.12. The molecule has 0 spiro atoms. The van der Waals surface area contributed by atoms with Crippen molar-refractivity contribution in [2.24, 2.45) is 45.3 Å². The highest BCUT2D eigenvalue weighted by Gasteiger charge is 2.72. The molecule has 0 radical (unpaired) electrons. The van der Waals surface area contributed by atoms with Crippen molar-refractivity contribution in [3.8, 4) is 0 Å². The number of carbonyl (C=O) groups is 3. The van der Waals surface area contributed by atoms with Gasteiger partial charge in [-0.15, -0.1) is 0 Å². The van der Waals surface area contributed by atoms with E-state index in [1.54, 1.807) is 0 Å². The predicted molar refractivity (Wildman–Crippen MR) is 165 cm³/mol. The van der Waals surface area contributed by atoms with Crippen molar-refractivity contribution < 1.29 is 38.4 Å². The van der Waals surface area contributed by atoms with Gasteiger partial charge in [0.15, 0.2) is 0 Å². The average Bonchev–Trinajstić information content (AvgIpc) is 3.49. The fourth-order valence-electron chi connectivity index (χ4n) is 12.0. The molecule has 0 aromatic carbocycles. The van der Waals surface area contributed by atoms with Gasteiger partial charge in [0, 0.05) is 18.3 Å². The van der Waals surface area contributed by atoms with Gasteiger partial charge in [-0.25, -0.2) is 0 Å². The second-order valence-corrected chi connectivity index (χ2v) is 17.2. The van der Waals surface area contributed by atoms with E-state index in [0.717, 1.165) is 57.8 Å². The molecular weight excluding hydrogens is 560 g/mol. The van der Waals surface area contributed by atoms with Crippen molar-refractivity contribution >= 4 is 17.9 Å². The third-order valence-corrected chi connectivity index (χ3v) is 14.3. The lowest BCUT2D eigenvalue weighted by molar-refractivity contribution is -0.254. The zero-order valence-electron chi connectivity index (χ0n) is 28.9. The van der Waals surface area contributed by atoms with E-state index >= 15 is 0 Å². The first-order valence-corrected chi connectivity index (χ1v) is 17.1. The van der Waals surface area contributed by atoms with Crippen LogP contribution in [-0.2, 0) is 33.3 Å². The van der Waals surface area contributed by atoms with Crippen molar-refractivity contribution in [2.45, 2.75) is 156 Å². The molecule has 0 amide bonds. The van der Waals surface area contributed by atoms with E-state index in [1.165, 1.54) is 14.0 Å². The topological polar surface area (TPSA) is 108 Å². The number of hydrogen-bond donors (Lipinski definition) is 1. The van der Waals surface area contributed by atoms with E-state index in [9.17, 15) is 19.5 Å². The maximum absolute atomic E-state index is 12.7. The fraction of sp³-hybridized carbons (Fsp3) is 0.917. The summed E-state index contributed by atoms with van der Waals surface area (Å²) in [7, 11) is 1.28. The van der Waals surface area contributed by atoms with Gasteiger partial charge in [-0.3, -0.25) is 14.4 Å². The SMILES string of the molecule is COC(=O)CC(=O)O[C@@H]1CC[C@@]2(C)C(CC[C@]3(C)C2C[C@@H](OC(C)=O)C2C(C4(C)CC[C@@H](C(C)(C)O)O4)CC[C@]23C)C1(C)C. The molecule has 1 saturated heterocycles. The highest BCUT2D eigenvalue weighted by molar-refractivity contribution is 5.91. The van der Waals surface area contributed by atoms with Crippen molar-refractivity contribution in [3.63, 3.8) is 0 Å². The number of hydrogen-bond acceptors (Lipinski definition) is 8. The summed E-state index contributed by atoms with van der Waals surface area (Å²) < 4.78 is 23.8. The van der Waals surface area contributed by atoms with Gasteiger partial charge in [0.2, 0.25) is 0 Å². The van der Waals surface area contributed by atoms with Gasteiger partial charge in [0.1, 0.15) is 18.6 Å². The number of esters is 3. The van der Waals surface area contributed by atoms with Crippen molar-refractivity contribution in [3.05, 3.63) is 0 Å². The standard InChI is InChI=1S/C36H58O8/c1-21(37)42-23-19-25-33(6)15-13-26(43-29(39)20-28(38)41-10)31(2,3)24(33)12-17-34(25,7)35(8)16-11-22(30(23)35)36(9)18-14-27(44-36)32(4,5)40/h22-27,30,40H,11-20H2,1-10H3/t22?,23-,24?,25?,26-,27+,30?,33+,34-,35-,36?/m1/s1. The molecule has 4 saturated carbocycles. The summed E-state index contributed by atoms with van der Waals surface area (Å²) in [6.07, 6.45) is 7.40. The summed E-state index contributed by atoms with van der Waals surface area (Å²) in [5.74, 6) is -0.241. The lowest BCUT2D eigenvalue weighted by atomic mass is 9.35. The minimum atomic E-state index is -0.898. The van der Waals surface area contributed by atoms with Crippen LogP contribution >= 0.6 is 0 Å². The molecule has 11 atom stereocenters. The van der Waals surface area contributed by atoms with Gasteiger partial charge in [-0.2, -0.15) is 0 Å². The van der Waals surface area contributed by atoms with Crippen LogP contribution in [0.5, 0.6) is 0 Å². The number of carbonyl (C=O) groups excluding carboxylic acids is 3. The Hall–Kier alpha value is -1.67. The molecule has 44 heavy (non-hydrogen) atoms. The molecule has 1 aliphatic heterocycles. The summed E-state index contributed by atoms with van der Waals surface area (Å²) in [6.45, 7) is 19.3. The molecule has 5 fully saturated rings. The van der Waals surface area contributed by atoms with Crippen LogP contribution in [0.1, 0.15) is 127 Å². The predicted octanol–water partition coefficient (Wildman–Crippen LogP) is 6.40. The zero-order chi connectivity index (χ0) is 32.7. The van der Waals surface area contributed by atoms with E-state index in [1.807, 2.05) is 13.8 Å². The first kappa shape index (κ1) is 33.7. The molecule has 5 unspecified atom stereocenters. The fourth-order valence-corrected chi connectivity index (χ4v) is 12.0. The number of aliphatic hydroxyl groups is 1. The normalized spacial score (nSPS) is 46.3. The van der Waals surface area contributed by atoms with Crippen molar-refractivity contribution in [1.29, 1.82) is 0 Å². The molecular formula is C36H58O8. The van der Waals surface area contributed by atoms with Crippen LogP contribution < -0.4 is 0 Å². The summed E-state index contributed by atoms with van der Waals surface area (Å²) in [6, 6.07) is 0. The number of methoxy groups -OCH3 is 1. The molecule has 4 aliphatic carbocycles. The molecule has 0 bridgehead atoms. The van der Waals surface area contributed by atoms with E-state index in [0.29, 0.717) is 11.8 Å². The average molecular weight is 619 g/mol. The van der Waals surface area contributed by atoms with E-state index in [2.05, 4.69) is 46.3 Å². The van der Waals surface area contributed by atoms with Crippen LogP contribution in [0.3, 0.4) is 0 Å². The molecule has 5 rings (SSSR count). The van der Waals surface area contributed by atoms with Gasteiger partial charge in [-0.1, -0.05) is 34.6 Å². The van der Waals surface area contributed by atoms with Crippen molar-refractivity contribution in [2.75, 3.05) is 7.11 Å². The second-order valence-electron chi connectivity index (χ2n) is 17.2. The van der Waals surface area contributed by atoms with Crippen LogP contribution in [0.2, 0.25) is 0 Å². The van der Waals surface area contributed by atoms with Gasteiger partial charge < -0.3 is 24.1 Å². The van der Waals surface area contributed by atoms with Crippen LogP contribution in [0.25, 0.3) is 0 Å². The Morgan fingerprint density at radius 3 is 2.09 bits per heavy atom. The van der Waals surface area contributed by atoms with Crippen LogP contribution in [-0.4, -0.2) is 59.6 Å². The first-order chi connectivity index (χ1) is 20.2. The van der Waals surface area contributed by atoms with Crippen LogP contribution in [0.15, 0.2) is 0 Å². The van der Waals surface area contributed by atoms with E-state index < -0.39 is 17.5 Å². The quantitative estimate of drug-likeness (QED) is 0.207. The summed E-state index contributed by atoms with van der Waals surface area (Å²) in [5.41, 5.74) is -1.56. The minimum absolute atomic E-state index is 0.0218. The van der Waals surface area contributed by atoms with Crippen LogP contribution in [0.4, 0.5) is 0 Å². The second kappa shape index (κ2) is 11.0. The van der Waals surface area contributed by atoms with E-state index in [-0.39, 0.29) is 69.8 Å². The van der Waals surface area contributed by atoms with Crippen LogP contribution in [0, 0.1) is 45.3 Å². The minimum Gasteiger partial charge on any atom is -0.469 e. The number of fused-ring (bicyclic) bond motifs is 5. The number of ether oxygens (including phenoxy) is 4. The Morgan fingerprint density at radius 1 is 0.841 bits per heavy atom. The highest BCUT2D eigenvalue weighted by Crippen LogP contribution is 2.76. The molecule has 8 heteroatoms. The zero-order valence-corrected chi connectivity index (χ0v) is 28.9. The molecule has 8 nitrogen and oxygen atoms in total. The monoisotopic (exact) mass is 618 g/mol. The van der Waals surface area contributed by atoms with Gasteiger partial charge >= 0.3 is 17.9 Å². The highest BCUT2D eigenvalue weighted by atomic mass is 16.6. The molecule has 1 heterocycles. The molecule has 5 aliphatic rings. The maximum atomic E-state index is 12.7. The summed E-state index contributed by atoms with van der Waals surface area (Å²) in [5, 5.41) is 10.8. The Morgan fingerprint density at radius 2 is 1.50 bits per heavy atom. The van der Waals surface area contributed by atoms with Gasteiger partial charge in [-0.05, 0) is 113 Å². The molecule has 1 N–H and O–H groups in total. The Kier molecular flexibility index (Phi) is 8.39. The Bertz CT molecular complexity index is 1160. The lowest BCUT2D eigenvalue weighted by Gasteiger charge is -2.70. The van der Waals surface area contributed by atoms with E-state index in [4.69, 9.17) is 14.2 Å². The third-order valence-electron chi connectivity index (χ3n) is 14.3. The van der Waals surface area contributed by atoms with Gasteiger partial charge in [0.05, 0.1) is 24.4 Å². The largest absolute Gasteiger partial charge is 0.469 e. The molecule has 250 valence electrons. The first-order valence-electron chi connectivity index (χ1n) is 17.1.